The Hall–Kier alpha value is -1.55. The monoisotopic (exact) mass is 421 g/mol. The van der Waals surface area contributed by atoms with Gasteiger partial charge in [-0.25, -0.2) is 4.39 Å². The molecule has 2 aliphatic rings. The lowest BCUT2D eigenvalue weighted by molar-refractivity contribution is -0.338. The Morgan fingerprint density at radius 2 is 1.54 bits per heavy atom. The minimum absolute atomic E-state index is 0.0459. The fraction of sp³-hybridized carbons (Fsp3) is 0.882. The van der Waals surface area contributed by atoms with Crippen molar-refractivity contribution in [2.45, 2.75) is 70.1 Å². The predicted molar refractivity (Wildman–Crippen MR) is 82.7 cm³/mol. The molecule has 162 valence electrons. The van der Waals surface area contributed by atoms with Crippen molar-refractivity contribution in [3.05, 3.63) is 0 Å². The van der Waals surface area contributed by atoms with Crippen LogP contribution in [0.4, 0.5) is 30.7 Å². The molecule has 0 heterocycles. The molecule has 0 aromatic rings. The van der Waals surface area contributed by atoms with Crippen LogP contribution in [-0.2, 0) is 14.3 Å². The summed E-state index contributed by atoms with van der Waals surface area (Å²) in [5, 5.41) is 1.42. The van der Waals surface area contributed by atoms with Crippen LogP contribution in [-0.4, -0.2) is 42.0 Å². The van der Waals surface area contributed by atoms with Crippen LogP contribution < -0.4 is 5.32 Å². The second kappa shape index (κ2) is 6.76. The molecule has 11 heteroatoms. The van der Waals surface area contributed by atoms with Crippen molar-refractivity contribution in [1.29, 1.82) is 0 Å². The fourth-order valence-electron chi connectivity index (χ4n) is 4.04. The van der Waals surface area contributed by atoms with E-state index in [9.17, 15) is 40.3 Å². The van der Waals surface area contributed by atoms with Crippen LogP contribution in [0.25, 0.3) is 0 Å². The highest BCUT2D eigenvalue weighted by molar-refractivity contribution is 6.03. The molecule has 3 atom stereocenters. The zero-order valence-electron chi connectivity index (χ0n) is 15.6. The number of rotatable bonds is 4. The quantitative estimate of drug-likeness (QED) is 0.423. The molecule has 28 heavy (non-hydrogen) atoms. The van der Waals surface area contributed by atoms with Gasteiger partial charge in [0.1, 0.15) is 11.0 Å². The molecule has 2 bridgehead atoms. The van der Waals surface area contributed by atoms with E-state index in [-0.39, 0.29) is 12.3 Å². The van der Waals surface area contributed by atoms with Crippen molar-refractivity contribution in [1.82, 2.24) is 5.32 Å². The molecule has 2 aliphatic carbocycles. The summed E-state index contributed by atoms with van der Waals surface area (Å²) in [6.07, 6.45) is -11.1. The predicted octanol–water partition coefficient (Wildman–Crippen LogP) is 4.08. The normalized spacial score (nSPS) is 28.4. The largest absolute Gasteiger partial charge is 0.459 e. The molecule has 0 radical (unpaired) electrons. The molecule has 4 nitrogen and oxygen atoms in total. The van der Waals surface area contributed by atoms with Gasteiger partial charge in [0.05, 0.1) is 6.54 Å². The highest BCUT2D eigenvalue weighted by Crippen LogP contribution is 2.57. The number of hydrogen-bond donors (Lipinski definition) is 1. The Balaban J connectivity index is 2.29. The lowest BCUT2D eigenvalue weighted by Crippen LogP contribution is -2.62. The number of halogens is 7. The van der Waals surface area contributed by atoms with Crippen LogP contribution in [0.2, 0.25) is 0 Å². The number of alkyl halides is 7. The summed E-state index contributed by atoms with van der Waals surface area (Å²) in [7, 11) is 0. The number of carbonyl (C=O) groups excluding carboxylic acids is 2. The zero-order chi connectivity index (χ0) is 21.8. The van der Waals surface area contributed by atoms with E-state index >= 15 is 0 Å². The van der Waals surface area contributed by atoms with E-state index in [1.165, 1.54) is 26.1 Å². The van der Waals surface area contributed by atoms with Gasteiger partial charge in [0.2, 0.25) is 5.91 Å². The summed E-state index contributed by atoms with van der Waals surface area (Å²) in [4.78, 5) is 25.4. The zero-order valence-corrected chi connectivity index (χ0v) is 15.6. The molecule has 0 saturated heterocycles. The first-order chi connectivity index (χ1) is 12.4. The average molecular weight is 421 g/mol. The fourth-order valence-corrected chi connectivity index (χ4v) is 4.04. The van der Waals surface area contributed by atoms with E-state index in [1.807, 2.05) is 0 Å². The third kappa shape index (κ3) is 3.80. The smallest absolute Gasteiger partial charge is 0.433 e. The minimum Gasteiger partial charge on any atom is -0.459 e. The Kier molecular flexibility index (Phi) is 5.49. The SMILES string of the molecule is CC(C)(C)OC(=O)C1(C(=O)NCC(F)(C(F)(F)F)C(F)(F)F)CC2CCC1C2. The highest BCUT2D eigenvalue weighted by Gasteiger charge is 2.73. The van der Waals surface area contributed by atoms with Gasteiger partial charge in [-0.3, -0.25) is 9.59 Å². The molecule has 2 fully saturated rings. The lowest BCUT2D eigenvalue weighted by atomic mass is 9.72. The van der Waals surface area contributed by atoms with Gasteiger partial charge in [0, 0.05) is 0 Å². The Morgan fingerprint density at radius 1 is 1.00 bits per heavy atom. The number of ether oxygens (including phenoxy) is 1. The molecular weight excluding hydrogens is 399 g/mol. The van der Waals surface area contributed by atoms with E-state index < -0.39 is 53.4 Å². The number of esters is 1. The van der Waals surface area contributed by atoms with Crippen LogP contribution in [0.15, 0.2) is 0 Å². The topological polar surface area (TPSA) is 55.4 Å². The van der Waals surface area contributed by atoms with Gasteiger partial charge in [-0.15, -0.1) is 0 Å². The van der Waals surface area contributed by atoms with Gasteiger partial charge < -0.3 is 10.1 Å². The molecule has 0 aromatic heterocycles. The van der Waals surface area contributed by atoms with Gasteiger partial charge >= 0.3 is 24.0 Å². The van der Waals surface area contributed by atoms with Crippen molar-refractivity contribution >= 4 is 11.9 Å². The van der Waals surface area contributed by atoms with Crippen molar-refractivity contribution in [2.75, 3.05) is 6.54 Å². The van der Waals surface area contributed by atoms with Crippen LogP contribution in [0.5, 0.6) is 0 Å². The van der Waals surface area contributed by atoms with Crippen molar-refractivity contribution in [3.8, 4) is 0 Å². The summed E-state index contributed by atoms with van der Waals surface area (Å²) >= 11 is 0. The van der Waals surface area contributed by atoms with Gasteiger partial charge in [-0.1, -0.05) is 6.42 Å². The van der Waals surface area contributed by atoms with Crippen LogP contribution in [0.3, 0.4) is 0 Å². The van der Waals surface area contributed by atoms with Gasteiger partial charge in [0.15, 0.2) is 0 Å². The molecule has 0 aromatic carbocycles. The average Bonchev–Trinajstić information content (AvgIpc) is 3.09. The lowest BCUT2D eigenvalue weighted by Gasteiger charge is -2.37. The maximum Gasteiger partial charge on any atom is 0.433 e. The summed E-state index contributed by atoms with van der Waals surface area (Å²) < 4.78 is 95.4. The first-order valence-electron chi connectivity index (χ1n) is 8.78. The summed E-state index contributed by atoms with van der Waals surface area (Å²) in [6.45, 7) is 2.19. The van der Waals surface area contributed by atoms with Crippen LogP contribution in [0, 0.1) is 17.3 Å². The number of carbonyl (C=O) groups is 2. The molecule has 1 N–H and O–H groups in total. The Morgan fingerprint density at radius 3 is 1.89 bits per heavy atom. The number of amides is 1. The number of nitrogens with one attached hydrogen (secondary N) is 1. The van der Waals surface area contributed by atoms with Crippen molar-refractivity contribution in [2.24, 2.45) is 17.3 Å². The third-order valence-corrected chi connectivity index (χ3v) is 5.41. The maximum absolute atomic E-state index is 13.9. The molecule has 3 unspecified atom stereocenters. The Bertz CT molecular complexity index is 624. The summed E-state index contributed by atoms with van der Waals surface area (Å²) in [5.41, 5.74) is -8.55. The molecule has 2 rings (SSSR count). The van der Waals surface area contributed by atoms with Crippen LogP contribution in [0.1, 0.15) is 46.5 Å². The first-order valence-corrected chi connectivity index (χ1v) is 8.78. The van der Waals surface area contributed by atoms with Gasteiger partial charge in [0.25, 0.3) is 0 Å². The standard InChI is InChI=1S/C17H22F7NO3/c1-13(2,3)28-12(27)14(7-9-4-5-10(14)6-9)11(26)25-8-15(18,16(19,20)21)17(22,23)24/h9-10H,4-8H2,1-3H3,(H,25,26). The van der Waals surface area contributed by atoms with Crippen LogP contribution >= 0.6 is 0 Å². The van der Waals surface area contributed by atoms with E-state index in [0.717, 1.165) is 0 Å². The first kappa shape index (κ1) is 22.7. The number of hydrogen-bond acceptors (Lipinski definition) is 3. The van der Waals surface area contributed by atoms with Crippen molar-refractivity contribution < 1.29 is 45.1 Å². The molecule has 0 spiro atoms. The van der Waals surface area contributed by atoms with E-state index in [4.69, 9.17) is 4.74 Å². The summed E-state index contributed by atoms with van der Waals surface area (Å²) in [5.74, 6) is -3.00. The minimum atomic E-state index is -6.29. The van der Waals surface area contributed by atoms with E-state index in [2.05, 4.69) is 0 Å². The Labute approximate surface area is 157 Å². The van der Waals surface area contributed by atoms with E-state index in [1.54, 1.807) is 0 Å². The third-order valence-electron chi connectivity index (χ3n) is 5.41. The van der Waals surface area contributed by atoms with E-state index in [0.29, 0.717) is 19.3 Å². The second-order valence-corrected chi connectivity index (χ2v) is 8.53. The molecule has 1 amide bonds. The molecular formula is C17H22F7NO3. The molecule has 0 aliphatic heterocycles. The number of fused-ring (bicyclic) bond motifs is 2. The highest BCUT2D eigenvalue weighted by atomic mass is 19.4. The van der Waals surface area contributed by atoms with Gasteiger partial charge in [-0.2, -0.15) is 26.3 Å². The second-order valence-electron chi connectivity index (χ2n) is 8.53. The maximum atomic E-state index is 13.9. The van der Waals surface area contributed by atoms with Gasteiger partial charge in [-0.05, 0) is 51.9 Å². The van der Waals surface area contributed by atoms with Crippen molar-refractivity contribution in [3.63, 3.8) is 0 Å². The summed E-state index contributed by atoms with van der Waals surface area (Å²) in [6, 6.07) is 0. The molecule has 2 saturated carbocycles.